The fraction of sp³-hybridized carbons (Fsp3) is 0.417. The van der Waals surface area contributed by atoms with Gasteiger partial charge in [-0.3, -0.25) is 0 Å². The van der Waals surface area contributed by atoms with Gasteiger partial charge in [-0.2, -0.15) is 0 Å². The van der Waals surface area contributed by atoms with Gasteiger partial charge in [-0.25, -0.2) is 23.1 Å². The Bertz CT molecular complexity index is 1120. The van der Waals surface area contributed by atoms with E-state index in [4.69, 9.17) is 14.2 Å². The monoisotopic (exact) mass is 463 g/mol. The Morgan fingerprint density at radius 2 is 1.88 bits per heavy atom. The summed E-state index contributed by atoms with van der Waals surface area (Å²) >= 11 is 0. The minimum atomic E-state index is -3.28. The number of hydrogen-bond donors (Lipinski definition) is 1. The molecular weight excluding hydrogens is 435 g/mol. The van der Waals surface area contributed by atoms with Crippen LogP contribution in [0.15, 0.2) is 30.3 Å². The van der Waals surface area contributed by atoms with Crippen LogP contribution in [0.1, 0.15) is 37.2 Å². The van der Waals surface area contributed by atoms with Crippen LogP contribution in [0.2, 0.25) is 0 Å². The van der Waals surface area contributed by atoms with E-state index < -0.39 is 17.3 Å². The zero-order chi connectivity index (χ0) is 24.2. The van der Waals surface area contributed by atoms with Crippen molar-refractivity contribution in [3.05, 3.63) is 53.1 Å². The van der Waals surface area contributed by atoms with Crippen molar-refractivity contribution in [3.8, 4) is 11.5 Å². The van der Waals surface area contributed by atoms with Gasteiger partial charge in [0.05, 0.1) is 24.8 Å². The molecule has 0 saturated heterocycles. The molecule has 1 heterocycles. The zero-order valence-electron chi connectivity index (χ0n) is 19.3. The van der Waals surface area contributed by atoms with Crippen molar-refractivity contribution in [3.63, 3.8) is 0 Å². The first-order valence-corrected chi connectivity index (χ1v) is 10.6. The first kappa shape index (κ1) is 24.6. The molecule has 33 heavy (non-hydrogen) atoms. The number of rotatable bonds is 10. The molecule has 6 nitrogen and oxygen atoms in total. The molecular formula is C24H28F3N3O3. The highest BCUT2D eigenvalue weighted by atomic mass is 19.3. The summed E-state index contributed by atoms with van der Waals surface area (Å²) in [6.07, 6.45) is 0.541. The Labute approximate surface area is 191 Å². The number of methoxy groups -OCH3 is 2. The normalized spacial score (nSPS) is 12.6. The molecule has 0 saturated carbocycles. The van der Waals surface area contributed by atoms with Crippen molar-refractivity contribution < 1.29 is 27.4 Å². The zero-order valence-corrected chi connectivity index (χ0v) is 19.3. The Kier molecular flexibility index (Phi) is 7.63. The fourth-order valence-electron chi connectivity index (χ4n) is 3.47. The number of aryl methyl sites for hydroxylation is 1. The summed E-state index contributed by atoms with van der Waals surface area (Å²) in [5.74, 6) is -2.31. The van der Waals surface area contributed by atoms with Crippen molar-refractivity contribution in [2.75, 3.05) is 26.1 Å². The topological polar surface area (TPSA) is 65.5 Å². The van der Waals surface area contributed by atoms with Crippen LogP contribution in [-0.2, 0) is 17.2 Å². The van der Waals surface area contributed by atoms with Crippen LogP contribution in [0.5, 0.6) is 11.5 Å². The number of benzene rings is 2. The molecule has 1 atom stereocenters. The third-order valence-corrected chi connectivity index (χ3v) is 5.19. The lowest BCUT2D eigenvalue weighted by Crippen LogP contribution is -2.21. The van der Waals surface area contributed by atoms with Crippen molar-refractivity contribution >= 4 is 16.7 Å². The van der Waals surface area contributed by atoms with Gasteiger partial charge in [-0.1, -0.05) is 25.1 Å². The second-order valence-electron chi connectivity index (χ2n) is 7.76. The summed E-state index contributed by atoms with van der Waals surface area (Å²) < 4.78 is 58.9. The maximum absolute atomic E-state index is 14.7. The predicted octanol–water partition coefficient (Wildman–Crippen LogP) is 5.61. The molecule has 3 rings (SSSR count). The molecule has 1 aromatic heterocycles. The number of anilines is 1. The molecule has 0 aliphatic carbocycles. The lowest BCUT2D eigenvalue weighted by atomic mass is 10.0. The Hall–Kier alpha value is -3.07. The molecule has 9 heteroatoms. The first-order chi connectivity index (χ1) is 15.7. The summed E-state index contributed by atoms with van der Waals surface area (Å²) in [6, 6.07) is 7.45. The molecule has 1 unspecified atom stereocenters. The van der Waals surface area contributed by atoms with Crippen LogP contribution in [0.25, 0.3) is 10.9 Å². The molecule has 0 aliphatic heterocycles. The van der Waals surface area contributed by atoms with E-state index in [9.17, 15) is 13.2 Å². The predicted molar refractivity (Wildman–Crippen MR) is 121 cm³/mol. The second kappa shape index (κ2) is 10.2. The number of alkyl halides is 2. The van der Waals surface area contributed by atoms with E-state index >= 15 is 0 Å². The standard InChI is InChI=1S/C24H28F3N3O3/c1-6-16(13-31-4)33-21-10-17-19(11-20(21)32-5)29-14(2)30-23(17)28-12-15-8-7-9-18(22(15)25)24(3,26)27/h7-11,16H,6,12-13H2,1-5H3,(H,28,29,30). The highest BCUT2D eigenvalue weighted by Gasteiger charge is 2.29. The number of hydrogen-bond acceptors (Lipinski definition) is 6. The Balaban J connectivity index is 1.98. The molecule has 1 N–H and O–H groups in total. The molecule has 0 amide bonds. The minimum absolute atomic E-state index is 0.0369. The summed E-state index contributed by atoms with van der Waals surface area (Å²) in [4.78, 5) is 8.89. The van der Waals surface area contributed by atoms with Crippen LogP contribution in [-0.4, -0.2) is 36.9 Å². The largest absolute Gasteiger partial charge is 0.493 e. The summed E-state index contributed by atoms with van der Waals surface area (Å²) in [7, 11) is 3.14. The number of nitrogens with one attached hydrogen (secondary N) is 1. The van der Waals surface area contributed by atoms with Gasteiger partial charge in [0.2, 0.25) is 0 Å². The van der Waals surface area contributed by atoms with Gasteiger partial charge >= 0.3 is 0 Å². The van der Waals surface area contributed by atoms with E-state index in [0.29, 0.717) is 47.6 Å². The van der Waals surface area contributed by atoms with Crippen molar-refractivity contribution in [2.24, 2.45) is 0 Å². The van der Waals surface area contributed by atoms with Gasteiger partial charge in [0, 0.05) is 37.6 Å². The van der Waals surface area contributed by atoms with Gasteiger partial charge in [0.1, 0.15) is 23.6 Å². The molecule has 2 aromatic carbocycles. The maximum Gasteiger partial charge on any atom is 0.273 e. The first-order valence-electron chi connectivity index (χ1n) is 10.6. The number of halogens is 3. The van der Waals surface area contributed by atoms with E-state index in [1.807, 2.05) is 6.92 Å². The summed E-state index contributed by atoms with van der Waals surface area (Å²) in [5, 5.41) is 3.69. The fourth-order valence-corrected chi connectivity index (χ4v) is 3.47. The SMILES string of the molecule is CCC(COC)Oc1cc2c(NCc3cccc(C(C)(F)F)c3F)nc(C)nc2cc1OC. The third-order valence-electron chi connectivity index (χ3n) is 5.19. The van der Waals surface area contributed by atoms with Crippen LogP contribution >= 0.6 is 0 Å². The molecule has 178 valence electrons. The molecule has 0 spiro atoms. The van der Waals surface area contributed by atoms with E-state index in [1.165, 1.54) is 19.2 Å². The summed E-state index contributed by atoms with van der Waals surface area (Å²) in [5.41, 5.74) is 0.0626. The molecule has 0 aliphatic rings. The van der Waals surface area contributed by atoms with Gasteiger partial charge in [0.25, 0.3) is 5.92 Å². The van der Waals surface area contributed by atoms with Crippen LogP contribution in [0.4, 0.5) is 19.0 Å². The van der Waals surface area contributed by atoms with Crippen molar-refractivity contribution in [1.29, 1.82) is 0 Å². The Morgan fingerprint density at radius 3 is 2.52 bits per heavy atom. The highest BCUT2D eigenvalue weighted by molar-refractivity contribution is 5.91. The average molecular weight is 464 g/mol. The van der Waals surface area contributed by atoms with E-state index in [-0.39, 0.29) is 18.2 Å². The van der Waals surface area contributed by atoms with Crippen LogP contribution in [0.3, 0.4) is 0 Å². The number of ether oxygens (including phenoxy) is 3. The van der Waals surface area contributed by atoms with E-state index in [1.54, 1.807) is 26.2 Å². The van der Waals surface area contributed by atoms with Gasteiger partial charge in [-0.05, 0) is 19.4 Å². The lowest BCUT2D eigenvalue weighted by molar-refractivity contribution is 0.0136. The molecule has 0 fully saturated rings. The van der Waals surface area contributed by atoms with Gasteiger partial charge < -0.3 is 19.5 Å². The highest BCUT2D eigenvalue weighted by Crippen LogP contribution is 2.36. The van der Waals surface area contributed by atoms with Gasteiger partial charge in [0.15, 0.2) is 11.5 Å². The van der Waals surface area contributed by atoms with E-state index in [0.717, 1.165) is 12.5 Å². The lowest BCUT2D eigenvalue weighted by Gasteiger charge is -2.20. The summed E-state index contributed by atoms with van der Waals surface area (Å²) in [6.45, 7) is 4.76. The number of fused-ring (bicyclic) bond motifs is 1. The van der Waals surface area contributed by atoms with Crippen molar-refractivity contribution in [2.45, 2.75) is 45.8 Å². The maximum atomic E-state index is 14.7. The number of aromatic nitrogens is 2. The van der Waals surface area contributed by atoms with Crippen LogP contribution < -0.4 is 14.8 Å². The molecule has 0 radical (unpaired) electrons. The third kappa shape index (κ3) is 5.65. The molecule has 0 bridgehead atoms. The van der Waals surface area contributed by atoms with Gasteiger partial charge in [-0.15, -0.1) is 0 Å². The van der Waals surface area contributed by atoms with Crippen LogP contribution in [0, 0.1) is 12.7 Å². The minimum Gasteiger partial charge on any atom is -0.493 e. The average Bonchev–Trinajstić information content (AvgIpc) is 2.76. The van der Waals surface area contributed by atoms with Crippen molar-refractivity contribution in [1.82, 2.24) is 9.97 Å². The number of nitrogens with zero attached hydrogens (tertiary/aromatic N) is 2. The second-order valence-corrected chi connectivity index (χ2v) is 7.76. The molecule has 3 aromatic rings. The smallest absolute Gasteiger partial charge is 0.273 e. The van der Waals surface area contributed by atoms with E-state index in [2.05, 4.69) is 15.3 Å². The Morgan fingerprint density at radius 1 is 1.12 bits per heavy atom. The quantitative estimate of drug-likeness (QED) is 0.421.